The first-order chi connectivity index (χ1) is 15.0. The number of hydrogen-bond acceptors (Lipinski definition) is 5. The molecule has 0 aliphatic carbocycles. The minimum Gasteiger partial charge on any atom is -0.492 e. The molecule has 5 rings (SSSR count). The van der Waals surface area contributed by atoms with Crippen LogP contribution in [0.25, 0.3) is 22.4 Å². The number of aromatic nitrogens is 1. The van der Waals surface area contributed by atoms with E-state index in [1.165, 1.54) is 4.88 Å². The molecule has 0 radical (unpaired) electrons. The minimum absolute atomic E-state index is 0.231. The van der Waals surface area contributed by atoms with Gasteiger partial charge in [0, 0.05) is 16.9 Å². The maximum absolute atomic E-state index is 11.3. The predicted molar refractivity (Wildman–Crippen MR) is 123 cm³/mol. The van der Waals surface area contributed by atoms with Crippen LogP contribution in [0.4, 0.5) is 0 Å². The Labute approximate surface area is 184 Å². The van der Waals surface area contributed by atoms with Crippen LogP contribution in [0.2, 0.25) is 0 Å². The van der Waals surface area contributed by atoms with Crippen LogP contribution in [0.15, 0.2) is 47.5 Å². The fraction of sp³-hybridized carbons (Fsp3) is 0.250. The third-order valence-corrected chi connectivity index (χ3v) is 6.57. The number of nitrogens with zero attached hydrogens (tertiary/aromatic N) is 3. The lowest BCUT2D eigenvalue weighted by molar-refractivity contribution is -0.446. The Bertz CT molecular complexity index is 1260. The van der Waals surface area contributed by atoms with E-state index in [2.05, 4.69) is 41.6 Å². The minimum atomic E-state index is -0.334. The summed E-state index contributed by atoms with van der Waals surface area (Å²) in [5.41, 5.74) is 10.3. The Morgan fingerprint density at radius 1 is 1.23 bits per heavy atom. The van der Waals surface area contributed by atoms with Gasteiger partial charge in [0.05, 0.1) is 24.8 Å². The van der Waals surface area contributed by atoms with Gasteiger partial charge in [0.2, 0.25) is 12.2 Å². The zero-order valence-electron chi connectivity index (χ0n) is 17.5. The summed E-state index contributed by atoms with van der Waals surface area (Å²) in [5, 5.41) is 0.956. The maximum Gasteiger partial charge on any atom is 0.302 e. The van der Waals surface area contributed by atoms with Crippen molar-refractivity contribution in [3.8, 4) is 28.1 Å². The quantitative estimate of drug-likeness (QED) is 0.626. The molecule has 2 aromatic carbocycles. The van der Waals surface area contributed by atoms with Crippen molar-refractivity contribution in [2.24, 2.45) is 10.7 Å². The van der Waals surface area contributed by atoms with Crippen LogP contribution in [-0.2, 0) is 17.6 Å². The first-order valence-electron chi connectivity index (χ1n) is 10.3. The van der Waals surface area contributed by atoms with E-state index in [-0.39, 0.29) is 12.3 Å². The first kappa shape index (κ1) is 19.6. The third kappa shape index (κ3) is 3.65. The summed E-state index contributed by atoms with van der Waals surface area (Å²) >= 11 is 1.70. The lowest BCUT2D eigenvalue weighted by Crippen LogP contribution is -2.33. The molecule has 2 aliphatic heterocycles. The molecule has 0 atom stereocenters. The van der Waals surface area contributed by atoms with Gasteiger partial charge in [0.1, 0.15) is 5.75 Å². The van der Waals surface area contributed by atoms with E-state index in [0.29, 0.717) is 12.6 Å². The number of fused-ring (bicyclic) bond motifs is 3. The number of hydrogen-bond donors (Lipinski definition) is 1. The molecule has 0 bridgehead atoms. The molecular formula is C24H23N4O2S+. The number of primary amides is 1. The topological polar surface area (TPSA) is 80.6 Å². The number of nitrogens with two attached hydrogens (primary N) is 1. The molecule has 7 heteroatoms. The monoisotopic (exact) mass is 431 g/mol. The largest absolute Gasteiger partial charge is 0.492 e. The lowest BCUT2D eigenvalue weighted by atomic mass is 9.99. The molecule has 2 aliphatic rings. The van der Waals surface area contributed by atoms with Crippen LogP contribution in [0.1, 0.15) is 29.3 Å². The van der Waals surface area contributed by atoms with Crippen molar-refractivity contribution in [1.82, 2.24) is 4.98 Å². The summed E-state index contributed by atoms with van der Waals surface area (Å²) in [4.78, 5) is 21.9. The van der Waals surface area contributed by atoms with Crippen molar-refractivity contribution in [2.75, 3.05) is 6.61 Å². The van der Waals surface area contributed by atoms with Crippen LogP contribution in [0.5, 0.6) is 5.75 Å². The summed E-state index contributed by atoms with van der Waals surface area (Å²) in [7, 11) is 0. The number of rotatable bonds is 5. The molecule has 0 saturated carbocycles. The highest BCUT2D eigenvalue weighted by atomic mass is 32.1. The van der Waals surface area contributed by atoms with E-state index < -0.39 is 0 Å². The standard InChI is InChI=1S/C24H22N4O2S/c1-14(2)28-13-26-23(28)24-27-22-18-7-6-17(12-19(18)30-9-8-20(22)31-24)16-5-3-4-15(10-16)11-21(25)29/h3-7,10,12-14H,8-9,11H2,1-2H3,(H-,25,29)/p+1. The second-order valence-electron chi connectivity index (χ2n) is 8.01. The van der Waals surface area contributed by atoms with Crippen molar-refractivity contribution < 1.29 is 14.1 Å². The van der Waals surface area contributed by atoms with E-state index in [0.717, 1.165) is 51.0 Å². The molecule has 0 unspecified atom stereocenters. The second-order valence-corrected chi connectivity index (χ2v) is 9.10. The fourth-order valence-electron chi connectivity index (χ4n) is 3.89. The van der Waals surface area contributed by atoms with Gasteiger partial charge in [-0.05, 0) is 42.7 Å². The molecule has 0 fully saturated rings. The maximum atomic E-state index is 11.3. The molecule has 3 heterocycles. The molecular weight excluding hydrogens is 408 g/mol. The highest BCUT2D eigenvalue weighted by Crippen LogP contribution is 2.40. The Kier molecular flexibility index (Phi) is 4.90. The summed E-state index contributed by atoms with van der Waals surface area (Å²) in [6.07, 6.45) is 2.92. The van der Waals surface area contributed by atoms with Gasteiger partial charge >= 0.3 is 5.84 Å². The average molecular weight is 432 g/mol. The molecule has 0 saturated heterocycles. The van der Waals surface area contributed by atoms with Crippen molar-refractivity contribution >= 4 is 29.4 Å². The van der Waals surface area contributed by atoms with E-state index in [9.17, 15) is 4.79 Å². The zero-order chi connectivity index (χ0) is 21.5. The van der Waals surface area contributed by atoms with Crippen molar-refractivity contribution in [2.45, 2.75) is 32.7 Å². The summed E-state index contributed by atoms with van der Waals surface area (Å²) in [6.45, 7) is 4.90. The Hall–Kier alpha value is -3.32. The van der Waals surface area contributed by atoms with E-state index in [1.54, 1.807) is 11.3 Å². The molecule has 3 aromatic rings. The molecule has 6 nitrogen and oxygen atoms in total. The number of carbonyl (C=O) groups excluding carboxylic acids is 1. The van der Waals surface area contributed by atoms with Gasteiger partial charge in [-0.15, -0.1) is 11.3 Å². The Morgan fingerprint density at radius 3 is 2.81 bits per heavy atom. The Morgan fingerprint density at radius 2 is 2.06 bits per heavy atom. The number of thiazole rings is 1. The SMILES string of the molecule is CC(C)[N+]1=C(c2nc3c(s2)CCOc2cc(-c4cccc(CC(N)=O)c4)ccc2-3)N=C1. The summed E-state index contributed by atoms with van der Waals surface area (Å²) in [5.74, 6) is 1.44. The number of benzene rings is 2. The lowest BCUT2D eigenvalue weighted by Gasteiger charge is -2.13. The molecule has 0 spiro atoms. The van der Waals surface area contributed by atoms with Crippen LogP contribution in [-0.4, -0.2) is 40.3 Å². The van der Waals surface area contributed by atoms with Gasteiger partial charge in [-0.25, -0.2) is 9.56 Å². The van der Waals surface area contributed by atoms with E-state index in [1.807, 2.05) is 30.6 Å². The van der Waals surface area contributed by atoms with Crippen LogP contribution >= 0.6 is 11.3 Å². The number of aliphatic imine (C=N–C) groups is 1. The molecule has 156 valence electrons. The normalized spacial score (nSPS) is 14.5. The van der Waals surface area contributed by atoms with Gasteiger partial charge in [0.25, 0.3) is 0 Å². The average Bonchev–Trinajstić information content (AvgIpc) is 3.01. The van der Waals surface area contributed by atoms with Gasteiger partial charge in [-0.1, -0.05) is 35.3 Å². The Balaban J connectivity index is 1.52. The third-order valence-electron chi connectivity index (χ3n) is 5.46. The summed E-state index contributed by atoms with van der Waals surface area (Å²) < 4.78 is 8.24. The molecule has 2 N–H and O–H groups in total. The number of amidine groups is 1. The van der Waals surface area contributed by atoms with Crippen LogP contribution in [0.3, 0.4) is 0 Å². The predicted octanol–water partition coefficient (Wildman–Crippen LogP) is 3.65. The van der Waals surface area contributed by atoms with Gasteiger partial charge < -0.3 is 10.5 Å². The van der Waals surface area contributed by atoms with Gasteiger partial charge in [-0.2, -0.15) is 0 Å². The van der Waals surface area contributed by atoms with Crippen molar-refractivity contribution in [3.05, 3.63) is 57.9 Å². The highest BCUT2D eigenvalue weighted by molar-refractivity contribution is 7.14. The van der Waals surface area contributed by atoms with Crippen molar-refractivity contribution in [3.63, 3.8) is 0 Å². The van der Waals surface area contributed by atoms with Gasteiger partial charge in [-0.3, -0.25) is 4.79 Å². The number of carbonyl (C=O) groups is 1. The van der Waals surface area contributed by atoms with Crippen LogP contribution < -0.4 is 10.5 Å². The van der Waals surface area contributed by atoms with Gasteiger partial charge in [0.15, 0.2) is 5.01 Å². The van der Waals surface area contributed by atoms with Crippen LogP contribution in [0, 0.1) is 0 Å². The number of ether oxygens (including phenoxy) is 1. The van der Waals surface area contributed by atoms with E-state index >= 15 is 0 Å². The molecule has 1 amide bonds. The number of amides is 1. The smallest absolute Gasteiger partial charge is 0.302 e. The molecule has 1 aromatic heterocycles. The second kappa shape index (κ2) is 7.74. The zero-order valence-corrected chi connectivity index (χ0v) is 18.3. The molecule has 31 heavy (non-hydrogen) atoms. The first-order valence-corrected chi connectivity index (χ1v) is 11.2. The van der Waals surface area contributed by atoms with Crippen molar-refractivity contribution in [1.29, 1.82) is 0 Å². The fourth-order valence-corrected chi connectivity index (χ4v) is 4.94. The summed E-state index contributed by atoms with van der Waals surface area (Å²) in [6, 6.07) is 14.5. The highest BCUT2D eigenvalue weighted by Gasteiger charge is 2.29. The van der Waals surface area contributed by atoms with E-state index in [4.69, 9.17) is 15.5 Å².